The summed E-state index contributed by atoms with van der Waals surface area (Å²) in [5.74, 6) is -0.228. The van der Waals surface area contributed by atoms with Crippen LogP contribution in [0.5, 0.6) is 5.75 Å². The highest BCUT2D eigenvalue weighted by Gasteiger charge is 2.08. The summed E-state index contributed by atoms with van der Waals surface area (Å²) in [5, 5.41) is 21.7. The fourth-order valence-electron chi connectivity index (χ4n) is 1.55. The van der Waals surface area contributed by atoms with Crippen molar-refractivity contribution in [2.24, 2.45) is 0 Å². The van der Waals surface area contributed by atoms with E-state index in [1.54, 1.807) is 12.1 Å². The predicted molar refractivity (Wildman–Crippen MR) is 52.9 cm³/mol. The summed E-state index contributed by atoms with van der Waals surface area (Å²) < 4.78 is 0. The monoisotopic (exact) mass is 184 g/mol. The lowest BCUT2D eigenvalue weighted by molar-refractivity contribution is -0.264. The Kier molecular flexibility index (Phi) is 1.83. The molecule has 0 amide bonds. The van der Waals surface area contributed by atoms with Gasteiger partial charge in [-0.2, -0.15) is 0 Å². The molecule has 3 nitrogen and oxygen atoms in total. The molecule has 2 aromatic rings. The highest BCUT2D eigenvalue weighted by Crippen LogP contribution is 2.33. The van der Waals surface area contributed by atoms with Gasteiger partial charge in [-0.15, -0.1) is 0 Å². The molecule has 14 heavy (non-hydrogen) atoms. The van der Waals surface area contributed by atoms with Gasteiger partial charge in [0.25, 0.3) is 0 Å². The first-order chi connectivity index (χ1) is 6.74. The minimum atomic E-state index is -0.228. The number of benzene rings is 2. The summed E-state index contributed by atoms with van der Waals surface area (Å²) in [6.45, 7) is 1.94. The first-order valence-electron chi connectivity index (χ1n) is 4.28. The number of hydrogen-bond donors (Lipinski definition) is 0. The lowest BCUT2D eigenvalue weighted by atomic mass is 10.0. The van der Waals surface area contributed by atoms with E-state index in [0.29, 0.717) is 5.39 Å². The number of diazo groups is 1. The highest BCUT2D eigenvalue weighted by atomic mass is 16.3. The summed E-state index contributed by atoms with van der Waals surface area (Å²) in [6.07, 6.45) is 0. The second kappa shape index (κ2) is 3.00. The minimum absolute atomic E-state index is 0.0862. The maximum absolute atomic E-state index is 11.7. The van der Waals surface area contributed by atoms with Gasteiger partial charge in [0, 0.05) is 6.07 Å². The Bertz CT molecular complexity index is 541. The van der Waals surface area contributed by atoms with Crippen molar-refractivity contribution in [2.45, 2.75) is 6.92 Å². The predicted octanol–water partition coefficient (Wildman–Crippen LogP) is 2.71. The van der Waals surface area contributed by atoms with Gasteiger partial charge < -0.3 is 5.11 Å². The van der Waals surface area contributed by atoms with Crippen molar-refractivity contribution < 1.29 is 5.11 Å². The molecule has 0 aromatic heterocycles. The molecule has 2 aromatic carbocycles. The number of nitrogens with zero attached hydrogens (tertiary/aromatic N) is 2. The molecule has 0 spiro atoms. The molecule has 3 heteroatoms. The zero-order valence-electron chi connectivity index (χ0n) is 7.69. The molecule has 0 radical (unpaired) electrons. The molecule has 0 N–H and O–H groups in total. The van der Waals surface area contributed by atoms with Crippen molar-refractivity contribution >= 4 is 16.5 Å². The zero-order valence-corrected chi connectivity index (χ0v) is 7.69. The number of rotatable bonds is 0. The summed E-state index contributed by atoms with van der Waals surface area (Å²) in [7, 11) is 0. The van der Waals surface area contributed by atoms with E-state index in [1.807, 2.05) is 19.1 Å². The molecule has 0 saturated carbocycles. The van der Waals surface area contributed by atoms with Crippen molar-refractivity contribution in [3.8, 4) is 5.75 Å². The van der Waals surface area contributed by atoms with Crippen molar-refractivity contribution in [1.29, 1.82) is 5.39 Å². The normalized spacial score (nSPS) is 10.0. The summed E-state index contributed by atoms with van der Waals surface area (Å²) in [4.78, 5) is 2.94. The van der Waals surface area contributed by atoms with E-state index < -0.39 is 0 Å². The van der Waals surface area contributed by atoms with Gasteiger partial charge in [-0.1, -0.05) is 18.2 Å². The number of fused-ring (bicyclic) bond motifs is 1. The Labute approximate surface area is 81.2 Å². The molecule has 0 bridgehead atoms. The molecule has 0 aliphatic heterocycles. The van der Waals surface area contributed by atoms with Gasteiger partial charge >= 0.3 is 5.69 Å². The van der Waals surface area contributed by atoms with Crippen LogP contribution in [0.3, 0.4) is 0 Å². The van der Waals surface area contributed by atoms with Crippen LogP contribution in [-0.2, 0) is 0 Å². The molecular formula is C11H8N2O. The molecule has 0 aliphatic carbocycles. The van der Waals surface area contributed by atoms with E-state index in [9.17, 15) is 5.11 Å². The largest absolute Gasteiger partial charge is 0.867 e. The van der Waals surface area contributed by atoms with Gasteiger partial charge in [-0.25, -0.2) is 0 Å². The smallest absolute Gasteiger partial charge is 0.378 e. The Morgan fingerprint density at radius 1 is 1.14 bits per heavy atom. The standard InChI is InChI=1S/C11H8N2O/c1-7-3-2-4-9-8(7)5-6-10(13-12)11(9)14/h2-6H,1H3. The molecule has 0 aliphatic rings. The third-order valence-corrected chi connectivity index (χ3v) is 2.32. The third-order valence-electron chi connectivity index (χ3n) is 2.32. The Hall–Kier alpha value is -2.08. The fraction of sp³-hybridized carbons (Fsp3) is 0.0909. The van der Waals surface area contributed by atoms with Crippen LogP contribution in [0.15, 0.2) is 30.3 Å². The number of hydrogen-bond acceptors (Lipinski definition) is 2. The van der Waals surface area contributed by atoms with Crippen LogP contribution < -0.4 is 5.11 Å². The molecular weight excluding hydrogens is 176 g/mol. The van der Waals surface area contributed by atoms with Crippen LogP contribution in [0.2, 0.25) is 0 Å². The average molecular weight is 184 g/mol. The number of aryl methyl sites for hydroxylation is 1. The van der Waals surface area contributed by atoms with E-state index in [-0.39, 0.29) is 11.4 Å². The summed E-state index contributed by atoms with van der Waals surface area (Å²) >= 11 is 0. The van der Waals surface area contributed by atoms with Gasteiger partial charge in [0.2, 0.25) is 5.39 Å². The van der Waals surface area contributed by atoms with E-state index in [0.717, 1.165) is 10.9 Å². The van der Waals surface area contributed by atoms with Gasteiger partial charge in [0.1, 0.15) is 0 Å². The van der Waals surface area contributed by atoms with Crippen LogP contribution in [0.25, 0.3) is 15.7 Å². The van der Waals surface area contributed by atoms with Crippen molar-refractivity contribution in [2.75, 3.05) is 0 Å². The van der Waals surface area contributed by atoms with Crippen molar-refractivity contribution in [3.05, 3.63) is 40.9 Å². The first-order valence-corrected chi connectivity index (χ1v) is 4.28. The Morgan fingerprint density at radius 2 is 1.93 bits per heavy atom. The van der Waals surface area contributed by atoms with Gasteiger partial charge in [0.15, 0.2) is 4.98 Å². The first kappa shape index (κ1) is 8.52. The van der Waals surface area contributed by atoms with Gasteiger partial charge in [0.05, 0.1) is 0 Å². The topological polar surface area (TPSA) is 51.2 Å². The lowest BCUT2D eigenvalue weighted by Gasteiger charge is -2.08. The highest BCUT2D eigenvalue weighted by molar-refractivity contribution is 5.94. The SMILES string of the molecule is Cc1cccc2c([O-])c([N+]#N)ccc12. The van der Waals surface area contributed by atoms with Crippen LogP contribution in [-0.4, -0.2) is 0 Å². The summed E-state index contributed by atoms with van der Waals surface area (Å²) in [6, 6.07) is 8.82. The quantitative estimate of drug-likeness (QED) is 0.591. The van der Waals surface area contributed by atoms with Crippen LogP contribution >= 0.6 is 0 Å². The molecule has 0 unspecified atom stereocenters. The average Bonchev–Trinajstić information content (AvgIpc) is 2.20. The molecule has 68 valence electrons. The van der Waals surface area contributed by atoms with Crippen molar-refractivity contribution in [1.82, 2.24) is 0 Å². The van der Waals surface area contributed by atoms with E-state index in [1.165, 1.54) is 6.07 Å². The maximum atomic E-state index is 11.7. The fourth-order valence-corrected chi connectivity index (χ4v) is 1.55. The molecule has 0 heterocycles. The second-order valence-corrected chi connectivity index (χ2v) is 3.18. The maximum Gasteiger partial charge on any atom is 0.378 e. The van der Waals surface area contributed by atoms with Crippen molar-refractivity contribution in [3.63, 3.8) is 0 Å². The third kappa shape index (κ3) is 1.09. The molecule has 2 rings (SSSR count). The Balaban J connectivity index is 2.92. The van der Waals surface area contributed by atoms with Crippen LogP contribution in [0, 0.1) is 12.3 Å². The van der Waals surface area contributed by atoms with E-state index in [2.05, 4.69) is 4.98 Å². The van der Waals surface area contributed by atoms with Crippen LogP contribution in [0.4, 0.5) is 5.69 Å². The van der Waals surface area contributed by atoms with Gasteiger partial charge in [-0.05, 0) is 35.1 Å². The Morgan fingerprint density at radius 3 is 2.64 bits per heavy atom. The minimum Gasteiger partial charge on any atom is -0.867 e. The molecule has 0 fully saturated rings. The second-order valence-electron chi connectivity index (χ2n) is 3.18. The van der Waals surface area contributed by atoms with E-state index >= 15 is 0 Å². The van der Waals surface area contributed by atoms with Crippen LogP contribution in [0.1, 0.15) is 5.56 Å². The molecule has 0 saturated heterocycles. The summed E-state index contributed by atoms with van der Waals surface area (Å²) in [5.41, 5.74) is 1.13. The van der Waals surface area contributed by atoms with E-state index in [4.69, 9.17) is 5.39 Å². The zero-order chi connectivity index (χ0) is 10.1. The lowest BCUT2D eigenvalue weighted by Crippen LogP contribution is -1.91. The molecule has 0 atom stereocenters. The van der Waals surface area contributed by atoms with Gasteiger partial charge in [-0.3, -0.25) is 0 Å².